The molecule has 1 saturated heterocycles. The van der Waals surface area contributed by atoms with Gasteiger partial charge in [-0.15, -0.1) is 11.3 Å². The van der Waals surface area contributed by atoms with E-state index in [1.807, 2.05) is 23.7 Å². The minimum Gasteiger partial charge on any atom is -0.346 e. The topological polar surface area (TPSA) is 56.8 Å². The maximum Gasteiger partial charge on any atom is 0.222 e. The molecule has 2 atom stereocenters. The van der Waals surface area contributed by atoms with Gasteiger partial charge >= 0.3 is 0 Å². The van der Waals surface area contributed by atoms with E-state index in [1.165, 1.54) is 5.56 Å². The van der Waals surface area contributed by atoms with Gasteiger partial charge in [-0.25, -0.2) is 4.98 Å². The first kappa shape index (κ1) is 25.7. The number of benzene rings is 1. The number of nitrogens with zero attached hydrogens (tertiary/aromatic N) is 4. The number of hydrogen-bond acceptors (Lipinski definition) is 5. The molecule has 6 nitrogen and oxygen atoms in total. The molecule has 180 valence electrons. The third kappa shape index (κ3) is 6.78. The van der Waals surface area contributed by atoms with E-state index in [9.17, 15) is 9.59 Å². The number of rotatable bonds is 9. The lowest BCUT2D eigenvalue weighted by molar-refractivity contribution is -0.138. The Labute approximate surface area is 206 Å². The highest BCUT2D eigenvalue weighted by molar-refractivity contribution is 7.09. The Morgan fingerprint density at radius 3 is 2.55 bits per heavy atom. The van der Waals surface area contributed by atoms with Crippen molar-refractivity contribution in [3.05, 3.63) is 51.4 Å². The monoisotopic (exact) mass is 490 g/mol. The first-order chi connectivity index (χ1) is 15.8. The molecule has 1 aromatic carbocycles. The molecule has 0 N–H and O–H groups in total. The fourth-order valence-electron chi connectivity index (χ4n) is 4.40. The summed E-state index contributed by atoms with van der Waals surface area (Å²) in [4.78, 5) is 35.3. The number of aromatic nitrogens is 1. The van der Waals surface area contributed by atoms with Crippen LogP contribution in [0.1, 0.15) is 56.6 Å². The maximum absolute atomic E-state index is 13.1. The zero-order chi connectivity index (χ0) is 24.0. The molecule has 0 saturated carbocycles. The second-order valence-corrected chi connectivity index (χ2v) is 10.5. The van der Waals surface area contributed by atoms with Crippen LogP contribution in [0.4, 0.5) is 0 Å². The summed E-state index contributed by atoms with van der Waals surface area (Å²) in [6.45, 7) is 8.97. The number of halogens is 1. The van der Waals surface area contributed by atoms with Gasteiger partial charge in [-0.1, -0.05) is 37.6 Å². The molecule has 1 aliphatic rings. The van der Waals surface area contributed by atoms with E-state index < -0.39 is 0 Å². The molecular weight excluding hydrogens is 456 g/mol. The first-order valence-corrected chi connectivity index (χ1v) is 12.9. The number of unbranched alkanes of at least 4 members (excludes halogenated alkanes) is 1. The van der Waals surface area contributed by atoms with Gasteiger partial charge in [0.05, 0.1) is 6.04 Å². The molecule has 3 rings (SSSR count). The van der Waals surface area contributed by atoms with Crippen LogP contribution in [0.3, 0.4) is 0 Å². The van der Waals surface area contributed by atoms with E-state index in [4.69, 9.17) is 11.6 Å². The molecule has 33 heavy (non-hydrogen) atoms. The second-order valence-electron chi connectivity index (χ2n) is 9.12. The number of thiazole rings is 1. The lowest BCUT2D eigenvalue weighted by Crippen LogP contribution is -2.57. The Hall–Kier alpha value is -1.96. The highest BCUT2D eigenvalue weighted by Gasteiger charge is 2.36. The molecule has 8 heteroatoms. The summed E-state index contributed by atoms with van der Waals surface area (Å²) in [6, 6.07) is 8.23. The SMILES string of the molecule is CC(=O)N(C)CCCCC(=O)N1CCN(C(c2ccc(Cl)cc2)c2nccs2)C[C@@H]1C(C)C. The number of amides is 2. The van der Waals surface area contributed by atoms with E-state index in [-0.39, 0.29) is 23.9 Å². The average molecular weight is 491 g/mol. The average Bonchev–Trinajstić information content (AvgIpc) is 3.32. The van der Waals surface area contributed by atoms with Gasteiger partial charge in [0.25, 0.3) is 0 Å². The fourth-order valence-corrected chi connectivity index (χ4v) is 5.32. The lowest BCUT2D eigenvalue weighted by Gasteiger charge is -2.46. The van der Waals surface area contributed by atoms with E-state index in [0.717, 1.165) is 36.0 Å². The zero-order valence-corrected chi connectivity index (χ0v) is 21.6. The Balaban J connectivity index is 1.68. The molecule has 0 bridgehead atoms. The molecule has 2 heterocycles. The van der Waals surface area contributed by atoms with Crippen molar-refractivity contribution in [3.63, 3.8) is 0 Å². The van der Waals surface area contributed by atoms with Crippen LogP contribution in [-0.2, 0) is 9.59 Å². The van der Waals surface area contributed by atoms with Gasteiger partial charge in [0.2, 0.25) is 11.8 Å². The summed E-state index contributed by atoms with van der Waals surface area (Å²) < 4.78 is 0. The van der Waals surface area contributed by atoms with Gasteiger partial charge in [0.1, 0.15) is 5.01 Å². The Bertz CT molecular complexity index is 904. The molecule has 0 spiro atoms. The summed E-state index contributed by atoms with van der Waals surface area (Å²) in [5.41, 5.74) is 1.17. The Kier molecular flexibility index (Phi) is 9.29. The Morgan fingerprint density at radius 2 is 1.94 bits per heavy atom. The molecule has 0 aliphatic carbocycles. The normalized spacial score (nSPS) is 17.9. The van der Waals surface area contributed by atoms with Crippen LogP contribution in [-0.4, -0.2) is 70.8 Å². The van der Waals surface area contributed by atoms with E-state index >= 15 is 0 Å². The van der Waals surface area contributed by atoms with Crippen molar-refractivity contribution in [1.82, 2.24) is 19.7 Å². The van der Waals surface area contributed by atoms with Crippen molar-refractivity contribution in [2.24, 2.45) is 5.92 Å². The Morgan fingerprint density at radius 1 is 1.21 bits per heavy atom. The van der Waals surface area contributed by atoms with Crippen LogP contribution in [0.25, 0.3) is 0 Å². The van der Waals surface area contributed by atoms with Crippen LogP contribution in [0.15, 0.2) is 35.8 Å². The number of piperazine rings is 1. The molecule has 2 amide bonds. The smallest absolute Gasteiger partial charge is 0.222 e. The van der Waals surface area contributed by atoms with Crippen LogP contribution < -0.4 is 0 Å². The standard InChI is InChI=1S/C25H35ClN4O2S/c1-18(2)22-17-29(14-15-30(22)23(32)7-5-6-13-28(4)19(3)31)24(25-27-12-16-33-25)20-8-10-21(26)11-9-20/h8-12,16,18,22,24H,5-7,13-15,17H2,1-4H3/t22-,24?/m1/s1. The van der Waals surface area contributed by atoms with Gasteiger partial charge in [-0.05, 0) is 36.5 Å². The van der Waals surface area contributed by atoms with Crippen LogP contribution in [0.2, 0.25) is 5.02 Å². The number of carbonyl (C=O) groups is 2. The maximum atomic E-state index is 13.1. The van der Waals surface area contributed by atoms with Crippen LogP contribution in [0.5, 0.6) is 0 Å². The summed E-state index contributed by atoms with van der Waals surface area (Å²) in [6.07, 6.45) is 4.03. The summed E-state index contributed by atoms with van der Waals surface area (Å²) in [5.74, 6) is 0.631. The van der Waals surface area contributed by atoms with E-state index in [2.05, 4.69) is 40.8 Å². The number of hydrogen-bond donors (Lipinski definition) is 0. The van der Waals surface area contributed by atoms with Gasteiger partial charge in [-0.2, -0.15) is 0 Å². The van der Waals surface area contributed by atoms with Gasteiger partial charge in [0.15, 0.2) is 0 Å². The molecule has 0 radical (unpaired) electrons. The van der Waals surface area contributed by atoms with Crippen molar-refractivity contribution in [3.8, 4) is 0 Å². The van der Waals surface area contributed by atoms with E-state index in [1.54, 1.807) is 30.2 Å². The van der Waals surface area contributed by atoms with Crippen LogP contribution >= 0.6 is 22.9 Å². The third-order valence-corrected chi connectivity index (χ3v) is 7.53. The summed E-state index contributed by atoms with van der Waals surface area (Å²) in [5, 5.41) is 3.80. The highest BCUT2D eigenvalue weighted by Crippen LogP contribution is 2.33. The van der Waals surface area contributed by atoms with E-state index in [0.29, 0.717) is 25.4 Å². The molecule has 1 fully saturated rings. The largest absolute Gasteiger partial charge is 0.346 e. The molecule has 1 aromatic heterocycles. The van der Waals surface area contributed by atoms with Gasteiger partial charge in [-0.3, -0.25) is 14.5 Å². The van der Waals surface area contributed by atoms with Gasteiger partial charge < -0.3 is 9.80 Å². The van der Waals surface area contributed by atoms with Crippen molar-refractivity contribution >= 4 is 34.8 Å². The predicted octanol–water partition coefficient (Wildman–Crippen LogP) is 4.70. The quantitative estimate of drug-likeness (QED) is 0.478. The molecule has 1 unspecified atom stereocenters. The minimum absolute atomic E-state index is 0.0582. The third-order valence-electron chi connectivity index (χ3n) is 6.45. The second kappa shape index (κ2) is 12.0. The van der Waals surface area contributed by atoms with Crippen LogP contribution in [0, 0.1) is 5.92 Å². The molecule has 1 aliphatic heterocycles. The summed E-state index contributed by atoms with van der Waals surface area (Å²) >= 11 is 7.80. The highest BCUT2D eigenvalue weighted by atomic mass is 35.5. The fraction of sp³-hybridized carbons (Fsp3) is 0.560. The predicted molar refractivity (Wildman–Crippen MR) is 134 cm³/mol. The zero-order valence-electron chi connectivity index (χ0n) is 20.0. The first-order valence-electron chi connectivity index (χ1n) is 11.7. The summed E-state index contributed by atoms with van der Waals surface area (Å²) in [7, 11) is 1.80. The minimum atomic E-state index is 0.0582. The lowest BCUT2D eigenvalue weighted by atomic mass is 9.96. The molecular formula is C25H35ClN4O2S. The van der Waals surface area contributed by atoms with Crippen molar-refractivity contribution in [2.45, 2.75) is 52.1 Å². The number of carbonyl (C=O) groups excluding carboxylic acids is 2. The molecule has 2 aromatic rings. The van der Waals surface area contributed by atoms with Crippen molar-refractivity contribution in [1.29, 1.82) is 0 Å². The van der Waals surface area contributed by atoms with Crippen molar-refractivity contribution in [2.75, 3.05) is 33.2 Å². The van der Waals surface area contributed by atoms with Crippen molar-refractivity contribution < 1.29 is 9.59 Å². The van der Waals surface area contributed by atoms with Gasteiger partial charge in [0, 0.05) is 69.2 Å².